The van der Waals surface area contributed by atoms with Crippen LogP contribution in [0.1, 0.15) is 27.7 Å². The van der Waals surface area contributed by atoms with Crippen molar-refractivity contribution < 1.29 is 22.7 Å². The van der Waals surface area contributed by atoms with Gasteiger partial charge in [-0.1, -0.05) is 17.7 Å². The number of anilines is 1. The lowest BCUT2D eigenvalue weighted by molar-refractivity contribution is 0.0531. The first-order valence-corrected chi connectivity index (χ1v) is 9.71. The van der Waals surface area contributed by atoms with Crippen molar-refractivity contribution in [2.45, 2.75) is 25.7 Å². The molecule has 0 fully saturated rings. The summed E-state index contributed by atoms with van der Waals surface area (Å²) < 4.78 is 31.2. The summed E-state index contributed by atoms with van der Waals surface area (Å²) in [5.41, 5.74) is 1.55. The Kier molecular flexibility index (Phi) is 5.81. The van der Waals surface area contributed by atoms with Crippen LogP contribution in [0.25, 0.3) is 0 Å². The van der Waals surface area contributed by atoms with Crippen LogP contribution in [0.15, 0.2) is 35.2 Å². The molecule has 0 saturated heterocycles. The minimum Gasteiger partial charge on any atom is -0.462 e. The van der Waals surface area contributed by atoms with Gasteiger partial charge >= 0.3 is 12.0 Å². The number of carbonyl (C=O) groups is 2. The third-order valence-electron chi connectivity index (χ3n) is 3.17. The number of benzene rings is 1. The van der Waals surface area contributed by atoms with E-state index in [0.717, 1.165) is 16.9 Å². The van der Waals surface area contributed by atoms with Crippen LogP contribution in [-0.2, 0) is 14.8 Å². The molecule has 0 unspecified atom stereocenters. The van der Waals surface area contributed by atoms with Crippen LogP contribution in [0.5, 0.6) is 0 Å². The second-order valence-corrected chi connectivity index (χ2v) is 7.95. The molecule has 2 rings (SSSR count). The topological polar surface area (TPSA) is 102 Å². The molecule has 25 heavy (non-hydrogen) atoms. The highest BCUT2D eigenvalue weighted by Crippen LogP contribution is 2.27. The van der Waals surface area contributed by atoms with Crippen molar-refractivity contribution in [3.8, 4) is 0 Å². The highest BCUT2D eigenvalue weighted by atomic mass is 32.2. The van der Waals surface area contributed by atoms with Gasteiger partial charge in [0, 0.05) is 0 Å². The molecule has 7 nitrogen and oxygen atoms in total. The lowest BCUT2D eigenvalue weighted by Crippen LogP contribution is -2.34. The summed E-state index contributed by atoms with van der Waals surface area (Å²) in [4.78, 5) is 24.1. The van der Waals surface area contributed by atoms with E-state index in [-0.39, 0.29) is 11.5 Å². The van der Waals surface area contributed by atoms with Gasteiger partial charge in [-0.2, -0.15) is 0 Å². The molecule has 1 aromatic heterocycles. The molecule has 0 saturated carbocycles. The normalized spacial score (nSPS) is 11.0. The molecule has 2 N–H and O–H groups in total. The largest absolute Gasteiger partial charge is 0.462 e. The zero-order chi connectivity index (χ0) is 18.6. The quantitative estimate of drug-likeness (QED) is 0.774. The SMILES string of the molecule is CCOC(=O)c1sc(NC(=O)NS(=O)(=O)c2ccc(C)cc2)cc1C. The number of aryl methyl sites for hydroxylation is 2. The maximum Gasteiger partial charge on any atom is 0.348 e. The highest BCUT2D eigenvalue weighted by molar-refractivity contribution is 7.90. The molecule has 2 aromatic rings. The van der Waals surface area contributed by atoms with Crippen LogP contribution in [0.3, 0.4) is 0 Å². The van der Waals surface area contributed by atoms with E-state index in [9.17, 15) is 18.0 Å². The molecule has 0 aliphatic rings. The molecule has 0 atom stereocenters. The van der Waals surface area contributed by atoms with E-state index < -0.39 is 22.0 Å². The summed E-state index contributed by atoms with van der Waals surface area (Å²) in [6.07, 6.45) is 0. The Hall–Kier alpha value is -2.39. The van der Waals surface area contributed by atoms with Crippen LogP contribution in [0.4, 0.5) is 9.80 Å². The Morgan fingerprint density at radius 3 is 2.40 bits per heavy atom. The number of ether oxygens (including phenoxy) is 1. The summed E-state index contributed by atoms with van der Waals surface area (Å²) in [5, 5.41) is 2.76. The first kappa shape index (κ1) is 18.9. The number of sulfonamides is 1. The number of hydrogen-bond acceptors (Lipinski definition) is 6. The van der Waals surface area contributed by atoms with Crippen LogP contribution in [0.2, 0.25) is 0 Å². The summed E-state index contributed by atoms with van der Waals surface area (Å²) in [6.45, 7) is 5.48. The van der Waals surface area contributed by atoms with Crippen molar-refractivity contribution in [2.24, 2.45) is 0 Å². The number of thiophene rings is 1. The van der Waals surface area contributed by atoms with Gasteiger partial charge in [0.05, 0.1) is 16.5 Å². The number of urea groups is 1. The van der Waals surface area contributed by atoms with Crippen molar-refractivity contribution in [1.82, 2.24) is 4.72 Å². The summed E-state index contributed by atoms with van der Waals surface area (Å²) >= 11 is 1.02. The Bertz CT molecular complexity index is 886. The van der Waals surface area contributed by atoms with Crippen molar-refractivity contribution >= 4 is 38.4 Å². The molecule has 134 valence electrons. The van der Waals surface area contributed by atoms with Crippen LogP contribution in [-0.4, -0.2) is 27.0 Å². The Morgan fingerprint density at radius 1 is 1.16 bits per heavy atom. The third kappa shape index (κ3) is 4.80. The second kappa shape index (κ2) is 7.66. The summed E-state index contributed by atoms with van der Waals surface area (Å²) in [7, 11) is -3.97. The average molecular weight is 382 g/mol. The van der Waals surface area contributed by atoms with Gasteiger partial charge in [-0.3, -0.25) is 5.32 Å². The molecular formula is C16H18N2O5S2. The van der Waals surface area contributed by atoms with E-state index in [1.54, 1.807) is 32.0 Å². The van der Waals surface area contributed by atoms with E-state index in [0.29, 0.717) is 15.4 Å². The van der Waals surface area contributed by atoms with Gasteiger partial charge in [-0.25, -0.2) is 22.7 Å². The Morgan fingerprint density at radius 2 is 1.80 bits per heavy atom. The third-order valence-corrected chi connectivity index (χ3v) is 5.65. The van der Waals surface area contributed by atoms with Gasteiger partial charge in [0.25, 0.3) is 10.0 Å². The van der Waals surface area contributed by atoms with E-state index in [4.69, 9.17) is 4.74 Å². The lowest BCUT2D eigenvalue weighted by Gasteiger charge is -2.07. The monoisotopic (exact) mass is 382 g/mol. The molecule has 0 radical (unpaired) electrons. The maximum absolute atomic E-state index is 12.2. The minimum absolute atomic E-state index is 0.0113. The fourth-order valence-corrected chi connectivity index (χ4v) is 3.85. The standard InChI is InChI=1S/C16H18N2O5S2/c1-4-23-15(19)14-11(3)9-13(24-14)17-16(20)18-25(21,22)12-7-5-10(2)6-8-12/h5-9H,4H2,1-3H3,(H2,17,18,20). The Balaban J connectivity index is 2.08. The molecule has 0 aliphatic heterocycles. The predicted molar refractivity (Wildman–Crippen MR) is 95.5 cm³/mol. The van der Waals surface area contributed by atoms with E-state index in [2.05, 4.69) is 5.32 Å². The van der Waals surface area contributed by atoms with Gasteiger partial charge in [0.1, 0.15) is 4.88 Å². The zero-order valence-electron chi connectivity index (χ0n) is 14.0. The predicted octanol–water partition coefficient (Wildman–Crippen LogP) is 3.05. The maximum atomic E-state index is 12.2. The second-order valence-electron chi connectivity index (χ2n) is 5.22. The van der Waals surface area contributed by atoms with Crippen LogP contribution < -0.4 is 10.0 Å². The summed E-state index contributed by atoms with van der Waals surface area (Å²) in [6, 6.07) is 6.78. The van der Waals surface area contributed by atoms with Gasteiger partial charge < -0.3 is 4.74 Å². The summed E-state index contributed by atoms with van der Waals surface area (Å²) in [5.74, 6) is -0.481. The Labute approximate surface area is 150 Å². The fourth-order valence-electron chi connectivity index (χ4n) is 1.98. The lowest BCUT2D eigenvalue weighted by atomic mass is 10.2. The molecule has 0 bridgehead atoms. The van der Waals surface area contributed by atoms with Crippen molar-refractivity contribution in [3.05, 3.63) is 46.3 Å². The number of rotatable bonds is 5. The smallest absolute Gasteiger partial charge is 0.348 e. The van der Waals surface area contributed by atoms with Gasteiger partial charge in [0.2, 0.25) is 0 Å². The average Bonchev–Trinajstić information content (AvgIpc) is 2.87. The molecule has 9 heteroatoms. The van der Waals surface area contributed by atoms with Crippen molar-refractivity contribution in [1.29, 1.82) is 0 Å². The van der Waals surface area contributed by atoms with Crippen LogP contribution >= 0.6 is 11.3 Å². The number of hydrogen-bond donors (Lipinski definition) is 2. The molecular weight excluding hydrogens is 364 g/mol. The van der Waals surface area contributed by atoms with Crippen LogP contribution in [0, 0.1) is 13.8 Å². The van der Waals surface area contributed by atoms with Gasteiger partial charge in [-0.15, -0.1) is 11.3 Å². The number of nitrogens with one attached hydrogen (secondary N) is 2. The zero-order valence-corrected chi connectivity index (χ0v) is 15.6. The highest BCUT2D eigenvalue weighted by Gasteiger charge is 2.20. The van der Waals surface area contributed by atoms with Crippen molar-refractivity contribution in [2.75, 3.05) is 11.9 Å². The first-order chi connectivity index (χ1) is 11.7. The molecule has 2 amide bonds. The van der Waals surface area contributed by atoms with Gasteiger partial charge in [0.15, 0.2) is 0 Å². The van der Waals surface area contributed by atoms with E-state index in [1.165, 1.54) is 12.1 Å². The number of esters is 1. The van der Waals surface area contributed by atoms with Crippen molar-refractivity contribution in [3.63, 3.8) is 0 Å². The van der Waals surface area contributed by atoms with Gasteiger partial charge in [-0.05, 0) is 44.5 Å². The fraction of sp³-hybridized carbons (Fsp3) is 0.250. The molecule has 0 spiro atoms. The van der Waals surface area contributed by atoms with E-state index >= 15 is 0 Å². The number of amides is 2. The molecule has 1 heterocycles. The minimum atomic E-state index is -3.97. The number of carbonyl (C=O) groups excluding carboxylic acids is 2. The molecule has 1 aromatic carbocycles. The van der Waals surface area contributed by atoms with E-state index in [1.807, 2.05) is 11.6 Å². The first-order valence-electron chi connectivity index (χ1n) is 7.41. The molecule has 0 aliphatic carbocycles.